The van der Waals surface area contributed by atoms with Gasteiger partial charge in [0.05, 0.1) is 18.8 Å². The van der Waals surface area contributed by atoms with Crippen LogP contribution in [-0.2, 0) is 4.79 Å². The molecule has 1 aliphatic carbocycles. The first-order chi connectivity index (χ1) is 8.70. The quantitative estimate of drug-likeness (QED) is 0.760. The highest BCUT2D eigenvalue weighted by atomic mass is 35.5. The van der Waals surface area contributed by atoms with Crippen molar-refractivity contribution in [1.29, 1.82) is 0 Å². The van der Waals surface area contributed by atoms with E-state index in [4.69, 9.17) is 16.7 Å². The first-order valence-corrected chi connectivity index (χ1v) is 6.34. The summed E-state index contributed by atoms with van der Waals surface area (Å²) in [6.07, 6.45) is 3.77. The summed E-state index contributed by atoms with van der Waals surface area (Å²) in [6, 6.07) is 3.86. The van der Waals surface area contributed by atoms with Crippen molar-refractivity contribution in [2.45, 2.75) is 18.9 Å². The largest absolute Gasteiger partial charge is 0.395 e. The van der Waals surface area contributed by atoms with Crippen molar-refractivity contribution in [3.05, 3.63) is 23.5 Å². The first kappa shape index (κ1) is 13.3. The fourth-order valence-corrected chi connectivity index (χ4v) is 1.98. The maximum Gasteiger partial charge on any atom is 0.238 e. The number of carbonyl (C=O) groups is 1. The Labute approximate surface area is 111 Å². The molecule has 1 aromatic rings. The van der Waals surface area contributed by atoms with Crippen LogP contribution in [0.5, 0.6) is 0 Å². The molecule has 2 N–H and O–H groups in total. The molecule has 98 valence electrons. The van der Waals surface area contributed by atoms with Crippen LogP contribution in [0.1, 0.15) is 12.8 Å². The molecule has 5 nitrogen and oxygen atoms in total. The molecule has 1 fully saturated rings. The second kappa shape index (κ2) is 6.13. The number of carbonyl (C=O) groups excluding carboxylic acids is 1. The molecule has 0 unspecified atom stereocenters. The van der Waals surface area contributed by atoms with Gasteiger partial charge in [0, 0.05) is 18.8 Å². The Morgan fingerprint density at radius 1 is 1.61 bits per heavy atom. The lowest BCUT2D eigenvalue weighted by molar-refractivity contribution is -0.117. The summed E-state index contributed by atoms with van der Waals surface area (Å²) in [5.74, 6) is -0.134. The van der Waals surface area contributed by atoms with E-state index in [0.717, 1.165) is 12.8 Å². The van der Waals surface area contributed by atoms with E-state index in [1.54, 1.807) is 18.3 Å². The molecule has 18 heavy (non-hydrogen) atoms. The summed E-state index contributed by atoms with van der Waals surface area (Å²) in [4.78, 5) is 17.7. The molecule has 0 spiro atoms. The van der Waals surface area contributed by atoms with Crippen LogP contribution >= 0.6 is 11.6 Å². The Morgan fingerprint density at radius 2 is 2.39 bits per heavy atom. The number of anilines is 1. The van der Waals surface area contributed by atoms with Crippen molar-refractivity contribution in [3.63, 3.8) is 0 Å². The van der Waals surface area contributed by atoms with Gasteiger partial charge in [-0.2, -0.15) is 0 Å². The Balaban J connectivity index is 1.89. The van der Waals surface area contributed by atoms with E-state index in [9.17, 15) is 4.79 Å². The van der Waals surface area contributed by atoms with Crippen molar-refractivity contribution in [2.75, 3.05) is 25.0 Å². The third kappa shape index (κ3) is 3.66. The number of aliphatic hydroxyl groups excluding tert-OH is 1. The highest BCUT2D eigenvalue weighted by Crippen LogP contribution is 2.26. The van der Waals surface area contributed by atoms with Gasteiger partial charge in [0.15, 0.2) is 5.15 Å². The summed E-state index contributed by atoms with van der Waals surface area (Å²) in [5.41, 5.74) is 0.518. The van der Waals surface area contributed by atoms with Crippen LogP contribution in [0.2, 0.25) is 5.15 Å². The molecule has 0 aliphatic heterocycles. The van der Waals surface area contributed by atoms with Crippen LogP contribution in [0.4, 0.5) is 5.69 Å². The third-order valence-electron chi connectivity index (χ3n) is 2.83. The van der Waals surface area contributed by atoms with Crippen LogP contribution in [0, 0.1) is 0 Å². The van der Waals surface area contributed by atoms with Crippen LogP contribution < -0.4 is 5.32 Å². The van der Waals surface area contributed by atoms with Crippen molar-refractivity contribution >= 4 is 23.2 Å². The Hall–Kier alpha value is -1.17. The number of pyridine rings is 1. The van der Waals surface area contributed by atoms with Gasteiger partial charge in [-0.15, -0.1) is 0 Å². The van der Waals surface area contributed by atoms with E-state index < -0.39 is 0 Å². The van der Waals surface area contributed by atoms with E-state index in [2.05, 4.69) is 10.3 Å². The van der Waals surface area contributed by atoms with Crippen LogP contribution in [-0.4, -0.2) is 46.6 Å². The molecule has 0 atom stereocenters. The van der Waals surface area contributed by atoms with E-state index in [1.165, 1.54) is 0 Å². The minimum Gasteiger partial charge on any atom is -0.395 e. The third-order valence-corrected chi connectivity index (χ3v) is 3.13. The normalized spacial score (nSPS) is 14.8. The lowest BCUT2D eigenvalue weighted by Crippen LogP contribution is -2.36. The molecule has 1 heterocycles. The predicted molar refractivity (Wildman–Crippen MR) is 69.6 cm³/mol. The zero-order valence-corrected chi connectivity index (χ0v) is 10.7. The Morgan fingerprint density at radius 3 is 3.00 bits per heavy atom. The molecule has 1 aliphatic rings. The maximum atomic E-state index is 11.9. The molecule has 0 saturated heterocycles. The average molecular weight is 270 g/mol. The van der Waals surface area contributed by atoms with Crippen LogP contribution in [0.15, 0.2) is 18.3 Å². The second-order valence-corrected chi connectivity index (χ2v) is 4.67. The SMILES string of the molecule is O=C(CN(CCO)C1CC1)Nc1cccnc1Cl. The van der Waals surface area contributed by atoms with Crippen molar-refractivity contribution < 1.29 is 9.90 Å². The molecule has 2 rings (SSSR count). The number of rotatable bonds is 6. The summed E-state index contributed by atoms with van der Waals surface area (Å²) in [7, 11) is 0. The smallest absolute Gasteiger partial charge is 0.238 e. The Kier molecular flexibility index (Phi) is 4.52. The van der Waals surface area contributed by atoms with Gasteiger partial charge in [0.2, 0.25) is 5.91 Å². The minimum atomic E-state index is -0.134. The molecule has 1 saturated carbocycles. The number of nitrogens with zero attached hydrogens (tertiary/aromatic N) is 2. The van der Waals surface area contributed by atoms with Gasteiger partial charge < -0.3 is 10.4 Å². The fraction of sp³-hybridized carbons (Fsp3) is 0.500. The standard InChI is InChI=1S/C12H16ClN3O2/c13-12-10(2-1-5-14-12)15-11(18)8-16(6-7-17)9-3-4-9/h1-2,5,9,17H,3-4,6-8H2,(H,15,18). The van der Waals surface area contributed by atoms with Crippen molar-refractivity contribution in [3.8, 4) is 0 Å². The first-order valence-electron chi connectivity index (χ1n) is 5.96. The van der Waals surface area contributed by atoms with E-state index in [0.29, 0.717) is 18.3 Å². The monoisotopic (exact) mass is 269 g/mol. The fourth-order valence-electron chi connectivity index (χ4n) is 1.81. The molecule has 0 radical (unpaired) electrons. The van der Waals surface area contributed by atoms with Crippen molar-refractivity contribution in [2.24, 2.45) is 0 Å². The van der Waals surface area contributed by atoms with Gasteiger partial charge in [-0.25, -0.2) is 4.98 Å². The highest BCUT2D eigenvalue weighted by Gasteiger charge is 2.29. The summed E-state index contributed by atoms with van der Waals surface area (Å²) in [5, 5.41) is 12.0. The van der Waals surface area contributed by atoms with Gasteiger partial charge in [-0.05, 0) is 25.0 Å². The number of aromatic nitrogens is 1. The van der Waals surface area contributed by atoms with E-state index in [-0.39, 0.29) is 24.2 Å². The maximum absolute atomic E-state index is 11.9. The van der Waals surface area contributed by atoms with Gasteiger partial charge in [-0.1, -0.05) is 11.6 Å². The van der Waals surface area contributed by atoms with Gasteiger partial charge in [-0.3, -0.25) is 9.69 Å². The molecule has 0 bridgehead atoms. The van der Waals surface area contributed by atoms with E-state index >= 15 is 0 Å². The predicted octanol–water partition coefficient (Wildman–Crippen LogP) is 1.13. The zero-order valence-electron chi connectivity index (χ0n) is 9.97. The average Bonchev–Trinajstić information content (AvgIpc) is 3.16. The second-order valence-electron chi connectivity index (χ2n) is 4.32. The number of nitrogens with one attached hydrogen (secondary N) is 1. The number of hydrogen-bond donors (Lipinski definition) is 2. The summed E-state index contributed by atoms with van der Waals surface area (Å²) in [6.45, 7) is 0.868. The summed E-state index contributed by atoms with van der Waals surface area (Å²) >= 11 is 5.86. The Bertz CT molecular complexity index is 424. The van der Waals surface area contributed by atoms with Gasteiger partial charge in [0.25, 0.3) is 0 Å². The highest BCUT2D eigenvalue weighted by molar-refractivity contribution is 6.32. The van der Waals surface area contributed by atoms with Crippen LogP contribution in [0.3, 0.4) is 0 Å². The summed E-state index contributed by atoms with van der Waals surface area (Å²) < 4.78 is 0. The number of amides is 1. The number of aliphatic hydroxyl groups is 1. The van der Waals surface area contributed by atoms with Crippen LogP contribution in [0.25, 0.3) is 0 Å². The zero-order chi connectivity index (χ0) is 13.0. The molecule has 1 amide bonds. The van der Waals surface area contributed by atoms with Gasteiger partial charge in [0.1, 0.15) is 0 Å². The topological polar surface area (TPSA) is 65.5 Å². The number of hydrogen-bond acceptors (Lipinski definition) is 4. The molecular weight excluding hydrogens is 254 g/mol. The lowest BCUT2D eigenvalue weighted by Gasteiger charge is -2.20. The lowest BCUT2D eigenvalue weighted by atomic mass is 10.4. The molecule has 0 aromatic carbocycles. The molecular formula is C12H16ClN3O2. The number of halogens is 1. The molecule has 6 heteroatoms. The molecule has 1 aromatic heterocycles. The van der Waals surface area contributed by atoms with E-state index in [1.807, 2.05) is 4.90 Å². The minimum absolute atomic E-state index is 0.0669. The van der Waals surface area contributed by atoms with Gasteiger partial charge >= 0.3 is 0 Å². The van der Waals surface area contributed by atoms with Crippen molar-refractivity contribution in [1.82, 2.24) is 9.88 Å².